The highest BCUT2D eigenvalue weighted by Gasteiger charge is 2.05. The molecule has 0 amide bonds. The van der Waals surface area contributed by atoms with E-state index in [9.17, 15) is 4.79 Å². The van der Waals surface area contributed by atoms with E-state index in [1.165, 1.54) is 7.11 Å². The molecule has 0 spiro atoms. The van der Waals surface area contributed by atoms with Gasteiger partial charge in [0.1, 0.15) is 6.07 Å². The van der Waals surface area contributed by atoms with Crippen LogP contribution < -0.4 is 0 Å². The van der Waals surface area contributed by atoms with E-state index in [-0.39, 0.29) is 5.57 Å². The van der Waals surface area contributed by atoms with Crippen LogP contribution in [0.5, 0.6) is 0 Å². The van der Waals surface area contributed by atoms with Gasteiger partial charge in [0.05, 0.1) is 7.11 Å². The summed E-state index contributed by atoms with van der Waals surface area (Å²) < 4.78 is 4.41. The molecule has 1 rings (SSSR count). The SMILES string of the molecule is COC(=O)C(=C=Cc1ccccc1)C#N. The molecule has 0 unspecified atom stereocenters. The van der Waals surface area contributed by atoms with Crippen LogP contribution >= 0.6 is 0 Å². The Hall–Kier alpha value is -2.30. The van der Waals surface area contributed by atoms with Crippen LogP contribution in [-0.2, 0) is 9.53 Å². The summed E-state index contributed by atoms with van der Waals surface area (Å²) in [6.07, 6.45) is 1.56. The van der Waals surface area contributed by atoms with Crippen molar-refractivity contribution in [1.82, 2.24) is 0 Å². The average Bonchev–Trinajstić information content (AvgIpc) is 2.31. The van der Waals surface area contributed by atoms with Gasteiger partial charge in [-0.15, -0.1) is 0 Å². The zero-order chi connectivity index (χ0) is 11.1. The fraction of sp³-hybridized carbons (Fsp3) is 0.0833. The van der Waals surface area contributed by atoms with Crippen molar-refractivity contribution < 1.29 is 9.53 Å². The maximum absolute atomic E-state index is 11.0. The number of ether oxygens (including phenoxy) is 1. The number of nitrogens with zero attached hydrogens (tertiary/aromatic N) is 1. The molecular formula is C12H9NO2. The van der Waals surface area contributed by atoms with Crippen LogP contribution in [0.15, 0.2) is 41.6 Å². The Kier molecular flexibility index (Phi) is 3.91. The molecule has 0 heterocycles. The van der Waals surface area contributed by atoms with E-state index in [2.05, 4.69) is 10.5 Å². The van der Waals surface area contributed by atoms with Crippen LogP contribution in [0.1, 0.15) is 5.56 Å². The minimum atomic E-state index is -0.676. The third-order valence-corrected chi connectivity index (χ3v) is 1.68. The summed E-state index contributed by atoms with van der Waals surface area (Å²) in [5.74, 6) is -0.676. The molecule has 0 atom stereocenters. The Morgan fingerprint density at radius 1 is 1.40 bits per heavy atom. The molecule has 3 nitrogen and oxygen atoms in total. The summed E-state index contributed by atoms with van der Waals surface area (Å²) in [7, 11) is 1.23. The summed E-state index contributed by atoms with van der Waals surface area (Å²) >= 11 is 0. The fourth-order valence-corrected chi connectivity index (χ4v) is 0.944. The zero-order valence-electron chi connectivity index (χ0n) is 8.23. The molecule has 0 saturated heterocycles. The van der Waals surface area contributed by atoms with Gasteiger partial charge in [0.25, 0.3) is 0 Å². The summed E-state index contributed by atoms with van der Waals surface area (Å²) in [5, 5.41) is 8.64. The van der Waals surface area contributed by atoms with Crippen LogP contribution in [0, 0.1) is 11.3 Å². The zero-order valence-corrected chi connectivity index (χ0v) is 8.23. The number of hydrogen-bond donors (Lipinski definition) is 0. The van der Waals surface area contributed by atoms with Crippen LogP contribution in [0.4, 0.5) is 0 Å². The van der Waals surface area contributed by atoms with E-state index < -0.39 is 5.97 Å². The van der Waals surface area contributed by atoms with Crippen LogP contribution in [0.2, 0.25) is 0 Å². The Bertz CT molecular complexity index is 448. The molecule has 0 aliphatic carbocycles. The highest BCUT2D eigenvalue weighted by Crippen LogP contribution is 2.01. The van der Waals surface area contributed by atoms with Gasteiger partial charge in [-0.3, -0.25) is 0 Å². The molecule has 15 heavy (non-hydrogen) atoms. The number of hydrogen-bond acceptors (Lipinski definition) is 3. The van der Waals surface area contributed by atoms with Gasteiger partial charge in [-0.2, -0.15) is 5.26 Å². The molecule has 1 aromatic rings. The van der Waals surface area contributed by atoms with Gasteiger partial charge in [-0.1, -0.05) is 36.1 Å². The van der Waals surface area contributed by atoms with E-state index in [0.717, 1.165) is 5.56 Å². The van der Waals surface area contributed by atoms with Gasteiger partial charge < -0.3 is 4.74 Å². The standard InChI is InChI=1S/C12H9NO2/c1-15-12(14)11(9-13)8-7-10-5-3-2-4-6-10/h2-7H,1H3. The second-order valence-corrected chi connectivity index (χ2v) is 2.68. The molecule has 0 aliphatic rings. The first kappa shape index (κ1) is 10.8. The quantitative estimate of drug-likeness (QED) is 0.316. The third-order valence-electron chi connectivity index (χ3n) is 1.68. The number of esters is 1. The molecule has 74 valence electrons. The van der Waals surface area contributed by atoms with Gasteiger partial charge in [-0.05, 0) is 11.6 Å². The summed E-state index contributed by atoms with van der Waals surface area (Å²) in [4.78, 5) is 11.0. The lowest BCUT2D eigenvalue weighted by atomic mass is 10.2. The van der Waals surface area contributed by atoms with E-state index in [1.54, 1.807) is 12.1 Å². The van der Waals surface area contributed by atoms with Crippen molar-refractivity contribution in [3.05, 3.63) is 47.2 Å². The lowest BCUT2D eigenvalue weighted by Gasteiger charge is -1.91. The van der Waals surface area contributed by atoms with Crippen LogP contribution in [0.25, 0.3) is 6.08 Å². The summed E-state index contributed by atoms with van der Waals surface area (Å²) in [6.45, 7) is 0. The molecule has 0 fully saturated rings. The van der Waals surface area contributed by atoms with Gasteiger partial charge in [0.2, 0.25) is 0 Å². The van der Waals surface area contributed by atoms with Crippen molar-refractivity contribution in [3.8, 4) is 6.07 Å². The number of benzene rings is 1. The maximum Gasteiger partial charge on any atom is 0.356 e. The molecule has 0 bridgehead atoms. The van der Waals surface area contributed by atoms with Gasteiger partial charge in [0, 0.05) is 0 Å². The molecule has 0 saturated carbocycles. The lowest BCUT2D eigenvalue weighted by Crippen LogP contribution is -2.01. The topological polar surface area (TPSA) is 50.1 Å². The van der Waals surface area contributed by atoms with Gasteiger partial charge >= 0.3 is 5.97 Å². The minimum absolute atomic E-state index is 0.138. The van der Waals surface area contributed by atoms with Crippen LogP contribution in [0.3, 0.4) is 0 Å². The first-order valence-corrected chi connectivity index (χ1v) is 4.28. The normalized spacial score (nSPS) is 8.27. The minimum Gasteiger partial charge on any atom is -0.464 e. The molecule has 0 N–H and O–H groups in total. The summed E-state index contributed by atoms with van der Waals surface area (Å²) in [5.41, 5.74) is 3.32. The van der Waals surface area contributed by atoms with E-state index in [4.69, 9.17) is 5.26 Å². The molecule has 1 aromatic carbocycles. The second kappa shape index (κ2) is 5.43. The monoisotopic (exact) mass is 199 g/mol. The smallest absolute Gasteiger partial charge is 0.356 e. The average molecular weight is 199 g/mol. The molecule has 0 aromatic heterocycles. The highest BCUT2D eigenvalue weighted by atomic mass is 16.5. The third kappa shape index (κ3) is 3.15. The number of nitriles is 1. The Balaban J connectivity index is 3.00. The Labute approximate surface area is 87.9 Å². The van der Waals surface area contributed by atoms with E-state index >= 15 is 0 Å². The Morgan fingerprint density at radius 3 is 2.60 bits per heavy atom. The number of carbonyl (C=O) groups is 1. The maximum atomic E-state index is 11.0. The lowest BCUT2D eigenvalue weighted by molar-refractivity contribution is -0.135. The first-order valence-electron chi connectivity index (χ1n) is 4.28. The fourth-order valence-electron chi connectivity index (χ4n) is 0.944. The predicted octanol–water partition coefficient (Wildman–Crippen LogP) is 1.92. The van der Waals surface area contributed by atoms with E-state index in [1.807, 2.05) is 30.3 Å². The summed E-state index contributed by atoms with van der Waals surface area (Å²) in [6, 6.07) is 11.0. The number of rotatable bonds is 2. The predicted molar refractivity (Wildman–Crippen MR) is 55.6 cm³/mol. The van der Waals surface area contributed by atoms with Crippen molar-refractivity contribution >= 4 is 12.0 Å². The van der Waals surface area contributed by atoms with Gasteiger partial charge in [0.15, 0.2) is 5.57 Å². The number of carbonyl (C=O) groups excluding carboxylic acids is 1. The molecule has 0 aliphatic heterocycles. The second-order valence-electron chi connectivity index (χ2n) is 2.68. The van der Waals surface area contributed by atoms with Crippen LogP contribution in [-0.4, -0.2) is 13.1 Å². The van der Waals surface area contributed by atoms with Crippen molar-refractivity contribution in [1.29, 1.82) is 5.26 Å². The molecule has 3 heteroatoms. The van der Waals surface area contributed by atoms with Crippen molar-refractivity contribution in [2.45, 2.75) is 0 Å². The van der Waals surface area contributed by atoms with Crippen molar-refractivity contribution in [2.24, 2.45) is 0 Å². The molecular weight excluding hydrogens is 190 g/mol. The highest BCUT2D eigenvalue weighted by molar-refractivity contribution is 5.92. The van der Waals surface area contributed by atoms with E-state index in [0.29, 0.717) is 0 Å². The van der Waals surface area contributed by atoms with Crippen molar-refractivity contribution in [2.75, 3.05) is 7.11 Å². The largest absolute Gasteiger partial charge is 0.464 e. The van der Waals surface area contributed by atoms with Gasteiger partial charge in [-0.25, -0.2) is 4.79 Å². The first-order chi connectivity index (χ1) is 7.27. The number of methoxy groups -OCH3 is 1. The Morgan fingerprint density at radius 2 is 2.07 bits per heavy atom. The van der Waals surface area contributed by atoms with Crippen molar-refractivity contribution in [3.63, 3.8) is 0 Å². The molecule has 0 radical (unpaired) electrons.